The second-order valence-corrected chi connectivity index (χ2v) is 3.03. The smallest absolute Gasteiger partial charge is 0.298 e. The highest BCUT2D eigenvalue weighted by Crippen LogP contribution is 2.07. The predicted molar refractivity (Wildman–Crippen MR) is 54.3 cm³/mol. The Hall–Kier alpha value is -2.11. The van der Waals surface area contributed by atoms with E-state index < -0.39 is 0 Å². The summed E-state index contributed by atoms with van der Waals surface area (Å²) in [6.07, 6.45) is 3.11. The molecule has 0 unspecified atom stereocenters. The van der Waals surface area contributed by atoms with Crippen LogP contribution < -0.4 is 5.73 Å². The third-order valence-corrected chi connectivity index (χ3v) is 2.04. The van der Waals surface area contributed by atoms with Crippen molar-refractivity contribution in [3.05, 3.63) is 30.2 Å². The molecule has 0 spiro atoms. The summed E-state index contributed by atoms with van der Waals surface area (Å²) in [5.41, 5.74) is 5.97. The first-order valence-corrected chi connectivity index (χ1v) is 4.60. The van der Waals surface area contributed by atoms with Crippen molar-refractivity contribution in [3.8, 4) is 0 Å². The molecule has 2 rings (SSSR count). The lowest BCUT2D eigenvalue weighted by molar-refractivity contribution is 0.0939. The molecule has 0 saturated carbocycles. The molecule has 2 N–H and O–H groups in total. The summed E-state index contributed by atoms with van der Waals surface area (Å²) in [4.78, 5) is 11.8. The van der Waals surface area contributed by atoms with E-state index in [1.165, 1.54) is 10.9 Å². The number of aromatic nitrogens is 4. The fraction of sp³-hybridized carbons (Fsp3) is 0.222. The highest BCUT2D eigenvalue weighted by molar-refractivity contribution is 5.94. The van der Waals surface area contributed by atoms with Gasteiger partial charge in [-0.3, -0.25) is 4.79 Å². The lowest BCUT2D eigenvalue weighted by atomic mass is 10.4. The van der Waals surface area contributed by atoms with E-state index in [1.807, 2.05) is 6.92 Å². The second kappa shape index (κ2) is 3.56. The van der Waals surface area contributed by atoms with Crippen LogP contribution in [0.15, 0.2) is 24.5 Å². The molecule has 0 amide bonds. The molecule has 6 heteroatoms. The average molecular weight is 205 g/mol. The van der Waals surface area contributed by atoms with Crippen LogP contribution in [0, 0.1) is 0 Å². The van der Waals surface area contributed by atoms with Crippen molar-refractivity contribution in [2.24, 2.45) is 0 Å². The molecule has 6 nitrogen and oxygen atoms in total. The maximum atomic E-state index is 11.8. The van der Waals surface area contributed by atoms with Crippen LogP contribution in [0.25, 0.3) is 0 Å². The lowest BCUT2D eigenvalue weighted by Crippen LogP contribution is -2.13. The quantitative estimate of drug-likeness (QED) is 0.768. The molecule has 0 aliphatic heterocycles. The van der Waals surface area contributed by atoms with Gasteiger partial charge >= 0.3 is 0 Å². The Morgan fingerprint density at radius 2 is 2.40 bits per heavy atom. The summed E-state index contributed by atoms with van der Waals surface area (Å²) in [6, 6.07) is 3.23. The number of rotatable bonds is 2. The van der Waals surface area contributed by atoms with Gasteiger partial charge in [0.1, 0.15) is 5.82 Å². The minimum absolute atomic E-state index is 0.279. The van der Waals surface area contributed by atoms with E-state index in [1.54, 1.807) is 23.0 Å². The standard InChI is InChI=1S/C9H11N5O/c1-2-13-8(10)6-7(12-13)9(15)14-5-3-4-11-14/h3-6H,2,10H2,1H3. The maximum Gasteiger partial charge on any atom is 0.298 e. The molecule has 0 saturated heterocycles. The molecule has 0 bridgehead atoms. The van der Waals surface area contributed by atoms with Gasteiger partial charge in [-0.2, -0.15) is 10.2 Å². The maximum absolute atomic E-state index is 11.8. The number of carbonyl (C=O) groups is 1. The zero-order valence-corrected chi connectivity index (χ0v) is 8.29. The minimum atomic E-state index is -0.279. The van der Waals surface area contributed by atoms with Gasteiger partial charge in [-0.25, -0.2) is 9.36 Å². The van der Waals surface area contributed by atoms with Crippen LogP contribution in [0.1, 0.15) is 17.4 Å². The summed E-state index contributed by atoms with van der Waals surface area (Å²) < 4.78 is 2.79. The third-order valence-electron chi connectivity index (χ3n) is 2.04. The first-order chi connectivity index (χ1) is 7.22. The molecule has 2 heterocycles. The molecule has 78 valence electrons. The zero-order chi connectivity index (χ0) is 10.8. The van der Waals surface area contributed by atoms with Crippen molar-refractivity contribution in [1.29, 1.82) is 0 Å². The van der Waals surface area contributed by atoms with Crippen LogP contribution in [0.2, 0.25) is 0 Å². The van der Waals surface area contributed by atoms with Gasteiger partial charge in [0.2, 0.25) is 0 Å². The fourth-order valence-corrected chi connectivity index (χ4v) is 1.30. The molecule has 15 heavy (non-hydrogen) atoms. The van der Waals surface area contributed by atoms with Gasteiger partial charge in [0, 0.05) is 25.0 Å². The molecular weight excluding hydrogens is 194 g/mol. The molecular formula is C9H11N5O. The van der Waals surface area contributed by atoms with E-state index in [0.29, 0.717) is 18.1 Å². The lowest BCUT2D eigenvalue weighted by Gasteiger charge is -1.96. The van der Waals surface area contributed by atoms with Gasteiger partial charge in [-0.1, -0.05) is 0 Å². The van der Waals surface area contributed by atoms with Crippen LogP contribution in [-0.2, 0) is 6.54 Å². The Balaban J connectivity index is 2.34. The van der Waals surface area contributed by atoms with Crippen molar-refractivity contribution >= 4 is 11.7 Å². The van der Waals surface area contributed by atoms with E-state index in [0.717, 1.165) is 0 Å². The van der Waals surface area contributed by atoms with E-state index in [9.17, 15) is 4.79 Å². The Morgan fingerprint density at radius 1 is 1.60 bits per heavy atom. The van der Waals surface area contributed by atoms with E-state index in [4.69, 9.17) is 5.73 Å². The van der Waals surface area contributed by atoms with Crippen LogP contribution in [0.4, 0.5) is 5.82 Å². The Bertz CT molecular complexity index is 471. The summed E-state index contributed by atoms with van der Waals surface area (Å²) in [6.45, 7) is 2.55. The van der Waals surface area contributed by atoms with Crippen LogP contribution in [0.5, 0.6) is 0 Å². The molecule has 0 fully saturated rings. The number of nitrogens with two attached hydrogens (primary N) is 1. The first-order valence-electron chi connectivity index (χ1n) is 4.60. The van der Waals surface area contributed by atoms with Crippen molar-refractivity contribution < 1.29 is 4.79 Å². The van der Waals surface area contributed by atoms with Gasteiger partial charge in [-0.15, -0.1) is 0 Å². The molecule has 2 aromatic heterocycles. The summed E-state index contributed by atoms with van der Waals surface area (Å²) in [5, 5.41) is 7.90. The third kappa shape index (κ3) is 1.61. The van der Waals surface area contributed by atoms with Crippen LogP contribution >= 0.6 is 0 Å². The molecule has 0 aliphatic carbocycles. The first kappa shape index (κ1) is 9.45. The monoisotopic (exact) mass is 205 g/mol. The summed E-state index contributed by atoms with van der Waals surface area (Å²) >= 11 is 0. The van der Waals surface area contributed by atoms with Crippen molar-refractivity contribution in [2.45, 2.75) is 13.5 Å². The number of nitrogen functional groups attached to an aromatic ring is 1. The number of carbonyl (C=O) groups excluding carboxylic acids is 1. The molecule has 0 atom stereocenters. The summed E-state index contributed by atoms with van der Waals surface area (Å²) in [7, 11) is 0. The van der Waals surface area contributed by atoms with Crippen molar-refractivity contribution in [3.63, 3.8) is 0 Å². The number of aryl methyl sites for hydroxylation is 1. The largest absolute Gasteiger partial charge is 0.384 e. The van der Waals surface area contributed by atoms with Gasteiger partial charge < -0.3 is 5.73 Å². The molecule has 0 aromatic carbocycles. The van der Waals surface area contributed by atoms with E-state index >= 15 is 0 Å². The highest BCUT2D eigenvalue weighted by atomic mass is 16.2. The van der Waals surface area contributed by atoms with Gasteiger partial charge in [0.05, 0.1) is 0 Å². The van der Waals surface area contributed by atoms with E-state index in [2.05, 4.69) is 10.2 Å². The Morgan fingerprint density at radius 3 is 2.93 bits per heavy atom. The van der Waals surface area contributed by atoms with Gasteiger partial charge in [0.15, 0.2) is 5.69 Å². The molecule has 0 radical (unpaired) electrons. The highest BCUT2D eigenvalue weighted by Gasteiger charge is 2.13. The number of anilines is 1. The fourth-order valence-electron chi connectivity index (χ4n) is 1.30. The Labute approximate surface area is 86.3 Å². The molecule has 0 aliphatic rings. The van der Waals surface area contributed by atoms with E-state index in [-0.39, 0.29) is 5.91 Å². The number of hydrogen-bond donors (Lipinski definition) is 1. The zero-order valence-electron chi connectivity index (χ0n) is 8.29. The summed E-state index contributed by atoms with van der Waals surface area (Å²) in [5.74, 6) is 0.201. The predicted octanol–water partition coefficient (Wildman–Crippen LogP) is 0.370. The number of hydrogen-bond acceptors (Lipinski definition) is 4. The SMILES string of the molecule is CCn1nc(C(=O)n2cccn2)cc1N. The minimum Gasteiger partial charge on any atom is -0.384 e. The van der Waals surface area contributed by atoms with Gasteiger partial charge in [0.25, 0.3) is 5.91 Å². The van der Waals surface area contributed by atoms with Crippen molar-refractivity contribution in [1.82, 2.24) is 19.6 Å². The topological polar surface area (TPSA) is 78.7 Å². The average Bonchev–Trinajstić information content (AvgIpc) is 2.85. The van der Waals surface area contributed by atoms with Gasteiger partial charge in [-0.05, 0) is 13.0 Å². The van der Waals surface area contributed by atoms with Crippen LogP contribution in [-0.4, -0.2) is 25.5 Å². The van der Waals surface area contributed by atoms with Crippen molar-refractivity contribution in [2.75, 3.05) is 5.73 Å². The molecule has 2 aromatic rings. The number of nitrogens with zero attached hydrogens (tertiary/aromatic N) is 4. The van der Waals surface area contributed by atoms with Crippen LogP contribution in [0.3, 0.4) is 0 Å². The second-order valence-electron chi connectivity index (χ2n) is 3.03. The normalized spacial score (nSPS) is 10.5. The Kier molecular flexibility index (Phi) is 2.24.